The minimum absolute atomic E-state index is 0.0292. The fraction of sp³-hybridized carbons (Fsp3) is 0.471. The maximum Gasteiger partial charge on any atom is 0.253 e. The van der Waals surface area contributed by atoms with Crippen LogP contribution in [0.5, 0.6) is 0 Å². The number of carbonyl (C=O) groups is 3. The molecule has 0 aliphatic carbocycles. The first-order valence-corrected chi connectivity index (χ1v) is 8.53. The number of nitrogens with one attached hydrogen (secondary N) is 1. The SMILES string of the molecule is O=C1CN(C(=O)[C@@H]2CCCN(C(=O)c3ccc(Cl)cc3)C2)CCN1. The molecular weight excluding hydrogens is 330 g/mol. The second-order valence-electron chi connectivity index (χ2n) is 6.21. The van der Waals surface area contributed by atoms with Crippen molar-refractivity contribution in [2.45, 2.75) is 12.8 Å². The van der Waals surface area contributed by atoms with Crippen LogP contribution in [-0.2, 0) is 9.59 Å². The second-order valence-corrected chi connectivity index (χ2v) is 6.64. The van der Waals surface area contributed by atoms with Gasteiger partial charge in [0, 0.05) is 36.8 Å². The zero-order valence-corrected chi connectivity index (χ0v) is 14.1. The molecule has 0 aromatic heterocycles. The lowest BCUT2D eigenvalue weighted by molar-refractivity contribution is -0.142. The van der Waals surface area contributed by atoms with Crippen molar-refractivity contribution in [1.29, 1.82) is 0 Å². The fourth-order valence-corrected chi connectivity index (χ4v) is 3.35. The van der Waals surface area contributed by atoms with Crippen LogP contribution in [0.3, 0.4) is 0 Å². The molecule has 0 saturated carbocycles. The molecule has 1 aromatic carbocycles. The Kier molecular flexibility index (Phi) is 5.04. The summed E-state index contributed by atoms with van der Waals surface area (Å²) in [6, 6.07) is 6.78. The highest BCUT2D eigenvalue weighted by Gasteiger charge is 2.33. The van der Waals surface area contributed by atoms with E-state index in [-0.39, 0.29) is 30.2 Å². The summed E-state index contributed by atoms with van der Waals surface area (Å²) in [6.07, 6.45) is 1.54. The van der Waals surface area contributed by atoms with Gasteiger partial charge in [-0.2, -0.15) is 0 Å². The molecule has 2 saturated heterocycles. The number of amides is 3. The Hall–Kier alpha value is -2.08. The lowest BCUT2D eigenvalue weighted by Gasteiger charge is -2.36. The molecule has 1 aromatic rings. The van der Waals surface area contributed by atoms with Crippen molar-refractivity contribution in [1.82, 2.24) is 15.1 Å². The summed E-state index contributed by atoms with van der Waals surface area (Å²) in [6.45, 7) is 2.18. The second kappa shape index (κ2) is 7.21. The van der Waals surface area contributed by atoms with Crippen molar-refractivity contribution in [2.75, 3.05) is 32.7 Å². The standard InChI is InChI=1S/C17H20ClN3O3/c18-14-5-3-12(4-6-14)16(23)20-8-1-2-13(10-20)17(24)21-9-7-19-15(22)11-21/h3-6,13H,1-2,7-11H2,(H,19,22)/t13-/m1/s1. The summed E-state index contributed by atoms with van der Waals surface area (Å²) < 4.78 is 0. The molecule has 0 bridgehead atoms. The molecule has 1 atom stereocenters. The third kappa shape index (κ3) is 3.70. The summed E-state index contributed by atoms with van der Waals surface area (Å²) in [5.74, 6) is -0.473. The Labute approximate surface area is 145 Å². The molecule has 0 radical (unpaired) electrons. The van der Waals surface area contributed by atoms with Crippen LogP contribution in [0, 0.1) is 5.92 Å². The van der Waals surface area contributed by atoms with Crippen LogP contribution in [-0.4, -0.2) is 60.2 Å². The summed E-state index contributed by atoms with van der Waals surface area (Å²) in [4.78, 5) is 40.0. The number of nitrogens with zero attached hydrogens (tertiary/aromatic N) is 2. The van der Waals surface area contributed by atoms with E-state index in [1.807, 2.05) is 0 Å². The van der Waals surface area contributed by atoms with Crippen LogP contribution in [0.25, 0.3) is 0 Å². The van der Waals surface area contributed by atoms with E-state index in [1.54, 1.807) is 34.1 Å². The topological polar surface area (TPSA) is 69.7 Å². The minimum atomic E-state index is -0.235. The molecule has 2 fully saturated rings. The van der Waals surface area contributed by atoms with E-state index in [0.29, 0.717) is 36.8 Å². The monoisotopic (exact) mass is 349 g/mol. The lowest BCUT2D eigenvalue weighted by atomic mass is 9.95. The molecule has 0 unspecified atom stereocenters. The van der Waals surface area contributed by atoms with E-state index in [4.69, 9.17) is 11.6 Å². The van der Waals surface area contributed by atoms with Gasteiger partial charge in [0.25, 0.3) is 5.91 Å². The lowest BCUT2D eigenvalue weighted by Crippen LogP contribution is -2.54. The molecule has 24 heavy (non-hydrogen) atoms. The number of carbonyl (C=O) groups excluding carboxylic acids is 3. The smallest absolute Gasteiger partial charge is 0.253 e. The van der Waals surface area contributed by atoms with Crippen molar-refractivity contribution in [3.63, 3.8) is 0 Å². The van der Waals surface area contributed by atoms with Crippen LogP contribution in [0.1, 0.15) is 23.2 Å². The molecule has 6 nitrogen and oxygen atoms in total. The van der Waals surface area contributed by atoms with Gasteiger partial charge >= 0.3 is 0 Å². The Balaban J connectivity index is 1.65. The fourth-order valence-electron chi connectivity index (χ4n) is 3.22. The molecular formula is C17H20ClN3O3. The number of piperidine rings is 1. The summed E-state index contributed by atoms with van der Waals surface area (Å²) in [5.41, 5.74) is 0.574. The number of halogens is 1. The molecule has 2 aliphatic rings. The van der Waals surface area contributed by atoms with Crippen LogP contribution in [0.4, 0.5) is 0 Å². The normalized spacial score (nSPS) is 21.4. The van der Waals surface area contributed by atoms with Gasteiger partial charge in [0.2, 0.25) is 11.8 Å². The molecule has 3 rings (SSSR count). The van der Waals surface area contributed by atoms with Gasteiger partial charge in [-0.05, 0) is 37.1 Å². The molecule has 2 aliphatic heterocycles. The first-order valence-electron chi connectivity index (χ1n) is 8.15. The molecule has 128 valence electrons. The minimum Gasteiger partial charge on any atom is -0.353 e. The van der Waals surface area contributed by atoms with E-state index < -0.39 is 0 Å². The van der Waals surface area contributed by atoms with Crippen molar-refractivity contribution >= 4 is 29.3 Å². The number of piperazine rings is 1. The van der Waals surface area contributed by atoms with Crippen LogP contribution in [0.2, 0.25) is 5.02 Å². The molecule has 1 N–H and O–H groups in total. The number of hydrogen-bond donors (Lipinski definition) is 1. The Morgan fingerprint density at radius 2 is 1.88 bits per heavy atom. The van der Waals surface area contributed by atoms with Gasteiger partial charge in [0.1, 0.15) is 0 Å². The van der Waals surface area contributed by atoms with Crippen molar-refractivity contribution in [3.8, 4) is 0 Å². The predicted molar refractivity (Wildman–Crippen MR) is 89.7 cm³/mol. The summed E-state index contributed by atoms with van der Waals surface area (Å²) in [7, 11) is 0. The van der Waals surface area contributed by atoms with Gasteiger partial charge in [-0.15, -0.1) is 0 Å². The third-order valence-corrected chi connectivity index (χ3v) is 4.75. The van der Waals surface area contributed by atoms with E-state index >= 15 is 0 Å². The van der Waals surface area contributed by atoms with Crippen LogP contribution >= 0.6 is 11.6 Å². The Bertz CT molecular complexity index is 647. The van der Waals surface area contributed by atoms with E-state index in [0.717, 1.165) is 12.8 Å². The van der Waals surface area contributed by atoms with Gasteiger partial charge in [-0.3, -0.25) is 14.4 Å². The zero-order chi connectivity index (χ0) is 17.1. The Morgan fingerprint density at radius 1 is 1.12 bits per heavy atom. The molecule has 3 amide bonds. The third-order valence-electron chi connectivity index (χ3n) is 4.50. The van der Waals surface area contributed by atoms with Crippen LogP contribution < -0.4 is 5.32 Å². The van der Waals surface area contributed by atoms with Gasteiger partial charge in [-0.25, -0.2) is 0 Å². The summed E-state index contributed by atoms with van der Waals surface area (Å²) in [5, 5.41) is 3.30. The van der Waals surface area contributed by atoms with E-state index in [1.165, 1.54) is 0 Å². The van der Waals surface area contributed by atoms with Gasteiger partial charge < -0.3 is 15.1 Å². The summed E-state index contributed by atoms with van der Waals surface area (Å²) >= 11 is 5.86. The maximum absolute atomic E-state index is 12.6. The number of benzene rings is 1. The average Bonchev–Trinajstić information content (AvgIpc) is 2.61. The van der Waals surface area contributed by atoms with Crippen molar-refractivity contribution in [3.05, 3.63) is 34.9 Å². The van der Waals surface area contributed by atoms with Gasteiger partial charge in [-0.1, -0.05) is 11.6 Å². The maximum atomic E-state index is 12.6. The number of rotatable bonds is 2. The quantitative estimate of drug-likeness (QED) is 0.870. The highest BCUT2D eigenvalue weighted by atomic mass is 35.5. The highest BCUT2D eigenvalue weighted by Crippen LogP contribution is 2.21. The first-order chi connectivity index (χ1) is 11.5. The van der Waals surface area contributed by atoms with Crippen LogP contribution in [0.15, 0.2) is 24.3 Å². The largest absolute Gasteiger partial charge is 0.353 e. The van der Waals surface area contributed by atoms with Crippen molar-refractivity contribution < 1.29 is 14.4 Å². The Morgan fingerprint density at radius 3 is 2.58 bits per heavy atom. The highest BCUT2D eigenvalue weighted by molar-refractivity contribution is 6.30. The van der Waals surface area contributed by atoms with E-state index in [2.05, 4.69) is 5.32 Å². The van der Waals surface area contributed by atoms with Gasteiger partial charge in [0.15, 0.2) is 0 Å². The number of likely N-dealkylation sites (tertiary alicyclic amines) is 1. The predicted octanol–water partition coefficient (Wildman–Crippen LogP) is 1.15. The average molecular weight is 350 g/mol. The van der Waals surface area contributed by atoms with E-state index in [9.17, 15) is 14.4 Å². The molecule has 2 heterocycles. The van der Waals surface area contributed by atoms with Crippen molar-refractivity contribution in [2.24, 2.45) is 5.92 Å². The number of hydrogen-bond acceptors (Lipinski definition) is 3. The first kappa shape index (κ1) is 16.8. The zero-order valence-electron chi connectivity index (χ0n) is 13.3. The molecule has 7 heteroatoms. The molecule has 0 spiro atoms. The van der Waals surface area contributed by atoms with Gasteiger partial charge in [0.05, 0.1) is 12.5 Å².